The monoisotopic (exact) mass is 485 g/mol. The van der Waals surface area contributed by atoms with Crippen molar-refractivity contribution in [1.82, 2.24) is 0 Å². The van der Waals surface area contributed by atoms with Gasteiger partial charge in [0.2, 0.25) is 0 Å². The molecule has 0 fully saturated rings. The quantitative estimate of drug-likeness (QED) is 0.432. The van der Waals surface area contributed by atoms with E-state index in [1.54, 1.807) is 0 Å². The fourth-order valence-electron chi connectivity index (χ4n) is 0. The van der Waals surface area contributed by atoms with Crippen molar-refractivity contribution in [2.45, 2.75) is 0 Å². The van der Waals surface area contributed by atoms with Crippen LogP contribution in [0.25, 0.3) is 0 Å². The molecule has 0 heterocycles. The minimum Gasteiger partial charge on any atom is 0 e. The Bertz CT molecular complexity index is 8.00. The molecule has 4 heavy (non-hydrogen) atoms. The third kappa shape index (κ3) is 9.00. The molecule has 0 aliphatic rings. The molecule has 0 unspecified atom stereocenters. The van der Waals surface area contributed by atoms with E-state index < -0.39 is 0 Å². The van der Waals surface area contributed by atoms with E-state index in [2.05, 4.69) is 0 Å². The van der Waals surface area contributed by atoms with Crippen LogP contribution in [0.3, 0.4) is 0 Å². The van der Waals surface area contributed by atoms with E-state index in [1.807, 2.05) is 0 Å². The Balaban J connectivity index is 0. The van der Waals surface area contributed by atoms with E-state index in [-0.39, 0.29) is 68.0 Å². The molecular weight excluding hydrogens is 482 g/mol. The maximum atomic E-state index is 0. The van der Waals surface area contributed by atoms with Gasteiger partial charge in [-0.1, -0.05) is 0 Å². The van der Waals surface area contributed by atoms with Gasteiger partial charge in [0.1, 0.15) is 0 Å². The van der Waals surface area contributed by atoms with Crippen LogP contribution in [0.2, 0.25) is 0 Å². The molecule has 25 valence electrons. The van der Waals surface area contributed by atoms with E-state index in [9.17, 15) is 0 Å². The second-order valence-corrected chi connectivity index (χ2v) is 0. The maximum Gasteiger partial charge on any atom is 0 e. The number of hydrogen-bond donors (Lipinski definition) is 0. The van der Waals surface area contributed by atoms with Crippen LogP contribution in [0.15, 0.2) is 0 Å². The molecule has 3 radical (unpaired) electrons. The molecule has 0 aromatic heterocycles. The first-order chi connectivity index (χ1) is 0. The third-order valence-electron chi connectivity index (χ3n) is 0. The molecule has 0 bridgehead atoms. The zero-order valence-corrected chi connectivity index (χ0v) is 9.26. The van der Waals surface area contributed by atoms with Crippen LogP contribution in [0.5, 0.6) is 0 Å². The van der Waals surface area contributed by atoms with Crippen molar-refractivity contribution < 1.29 is 68.0 Å². The predicted molar refractivity (Wildman–Crippen MR) is 0.686 cm³/mol. The Labute approximate surface area is 67.4 Å². The molecule has 0 aliphatic heterocycles. The zero-order valence-electron chi connectivity index (χ0n) is 1.60. The SMILES string of the molecule is [Mo].[O].[Re].[W]. The first kappa shape index (κ1) is 37.5. The average Bonchev–Trinajstić information content (AvgIpc) is 0. The van der Waals surface area contributed by atoms with Gasteiger partial charge in [0.05, 0.1) is 0 Å². The summed E-state index contributed by atoms with van der Waals surface area (Å²) in [5.41, 5.74) is 0. The third-order valence-corrected chi connectivity index (χ3v) is 0. The molecule has 0 saturated carbocycles. The first-order valence-electron chi connectivity index (χ1n) is 0. The van der Waals surface area contributed by atoms with Crippen molar-refractivity contribution in [3.63, 3.8) is 0 Å². The van der Waals surface area contributed by atoms with Crippen LogP contribution in [-0.4, -0.2) is 0 Å². The van der Waals surface area contributed by atoms with Gasteiger partial charge in [0.15, 0.2) is 0 Å². The van der Waals surface area contributed by atoms with Gasteiger partial charge in [-0.05, 0) is 0 Å². The summed E-state index contributed by atoms with van der Waals surface area (Å²) in [5, 5.41) is 0. The van der Waals surface area contributed by atoms with Crippen molar-refractivity contribution in [1.29, 1.82) is 0 Å². The van der Waals surface area contributed by atoms with Gasteiger partial charge >= 0.3 is 0 Å². The van der Waals surface area contributed by atoms with Crippen LogP contribution < -0.4 is 0 Å². The van der Waals surface area contributed by atoms with Crippen molar-refractivity contribution in [3.8, 4) is 0 Å². The van der Waals surface area contributed by atoms with E-state index in [4.69, 9.17) is 0 Å². The summed E-state index contributed by atoms with van der Waals surface area (Å²) in [5.74, 6) is 0. The molecule has 0 N–H and O–H groups in total. The molecule has 0 atom stereocenters. The Morgan fingerprint density at radius 2 is 1.00 bits per heavy atom. The number of hydrogen-bond acceptors (Lipinski definition) is 0. The van der Waals surface area contributed by atoms with Gasteiger partial charge in [0.25, 0.3) is 0 Å². The maximum absolute atomic E-state index is 0. The van der Waals surface area contributed by atoms with Crippen LogP contribution >= 0.6 is 0 Å². The normalized spacial score (nSPS) is 0. The summed E-state index contributed by atoms with van der Waals surface area (Å²) in [6, 6.07) is 0. The van der Waals surface area contributed by atoms with E-state index in [0.29, 0.717) is 0 Å². The minimum absolute atomic E-state index is 0. The van der Waals surface area contributed by atoms with E-state index in [1.165, 1.54) is 0 Å². The smallest absolute Gasteiger partial charge is 0 e. The van der Waals surface area contributed by atoms with Crippen LogP contribution in [0.4, 0.5) is 0 Å². The summed E-state index contributed by atoms with van der Waals surface area (Å²) in [6.45, 7) is 0. The molecule has 0 spiro atoms. The van der Waals surface area contributed by atoms with Crippen LogP contribution in [0, 0.1) is 0 Å². The van der Waals surface area contributed by atoms with Gasteiger partial charge in [0, 0.05) is 68.0 Å². The molecule has 0 saturated heterocycles. The second-order valence-electron chi connectivity index (χ2n) is 0. The fourth-order valence-corrected chi connectivity index (χ4v) is 0. The molecule has 0 aromatic carbocycles. The molecule has 4 heteroatoms. The van der Waals surface area contributed by atoms with Crippen molar-refractivity contribution in [2.24, 2.45) is 0 Å². The molecule has 0 aliphatic carbocycles. The van der Waals surface area contributed by atoms with Crippen molar-refractivity contribution >= 4 is 0 Å². The topological polar surface area (TPSA) is 28.5 Å². The Hall–Kier alpha value is 2.00. The van der Waals surface area contributed by atoms with Gasteiger partial charge in [-0.3, -0.25) is 0 Å². The minimum atomic E-state index is 0. The van der Waals surface area contributed by atoms with Crippen molar-refractivity contribution in [3.05, 3.63) is 0 Å². The van der Waals surface area contributed by atoms with Crippen LogP contribution in [0.1, 0.15) is 0 Å². The molecule has 1 nitrogen and oxygen atoms in total. The number of rotatable bonds is 0. The molecule has 0 amide bonds. The fraction of sp³-hybridized carbons (Fsp3) is 0. The van der Waals surface area contributed by atoms with Crippen LogP contribution in [-0.2, 0) is 68.0 Å². The molecule has 0 aromatic rings. The summed E-state index contributed by atoms with van der Waals surface area (Å²) < 4.78 is 0. The average molecular weight is 482 g/mol. The summed E-state index contributed by atoms with van der Waals surface area (Å²) >= 11 is 0. The van der Waals surface area contributed by atoms with Crippen molar-refractivity contribution in [2.75, 3.05) is 0 Å². The van der Waals surface area contributed by atoms with Gasteiger partial charge in [-0.15, -0.1) is 0 Å². The standard InChI is InChI=1S/Mo.O.Re.W. The zero-order chi connectivity index (χ0) is 0. The second kappa shape index (κ2) is 20.0. The van der Waals surface area contributed by atoms with Gasteiger partial charge in [-0.2, -0.15) is 0 Å². The Morgan fingerprint density at radius 3 is 1.00 bits per heavy atom. The van der Waals surface area contributed by atoms with Gasteiger partial charge in [-0.25, -0.2) is 0 Å². The summed E-state index contributed by atoms with van der Waals surface area (Å²) in [4.78, 5) is 0. The van der Waals surface area contributed by atoms with E-state index >= 15 is 0 Å². The largest absolute Gasteiger partial charge is 0 e. The predicted octanol–water partition coefficient (Wildman–Crippen LogP) is -0.126. The first-order valence-corrected chi connectivity index (χ1v) is 0. The summed E-state index contributed by atoms with van der Waals surface area (Å²) in [7, 11) is 0. The van der Waals surface area contributed by atoms with Gasteiger partial charge < -0.3 is 0 Å². The van der Waals surface area contributed by atoms with E-state index in [0.717, 1.165) is 0 Å². The Kier molecular flexibility index (Phi) is 188. The Morgan fingerprint density at radius 1 is 1.00 bits per heavy atom. The summed E-state index contributed by atoms with van der Waals surface area (Å²) in [6.07, 6.45) is 0. The molecule has 0 rings (SSSR count). The molecular formula is MoOReW.